The average molecular weight is 307 g/mol. The van der Waals surface area contributed by atoms with Gasteiger partial charge in [-0.25, -0.2) is 4.79 Å². The molecule has 4 aromatic rings. The summed E-state index contributed by atoms with van der Waals surface area (Å²) in [4.78, 5) is 12.2. The lowest BCUT2D eigenvalue weighted by atomic mass is 10.1. The van der Waals surface area contributed by atoms with Crippen LogP contribution in [0.25, 0.3) is 32.9 Å². The highest BCUT2D eigenvalue weighted by atomic mass is 32.1. The molecule has 3 nitrogen and oxygen atoms in total. The Hall–Kier alpha value is -2.72. The largest absolute Gasteiger partial charge is 0.422 e. The Morgan fingerprint density at radius 3 is 2.59 bits per heavy atom. The molecule has 0 aliphatic rings. The van der Waals surface area contributed by atoms with Crippen molar-refractivity contribution in [2.75, 3.05) is 0 Å². The van der Waals surface area contributed by atoms with E-state index in [1.165, 1.54) is 11.3 Å². The lowest BCUT2D eigenvalue weighted by molar-refractivity contribution is 0.552. The Bertz CT molecular complexity index is 999. The minimum atomic E-state index is -0.389. The van der Waals surface area contributed by atoms with Gasteiger partial charge in [0.25, 0.3) is 0 Å². The van der Waals surface area contributed by atoms with Crippen LogP contribution in [0.1, 0.15) is 0 Å². The van der Waals surface area contributed by atoms with Gasteiger partial charge in [-0.3, -0.25) is 0 Å². The van der Waals surface area contributed by atoms with Crippen LogP contribution in [0.3, 0.4) is 0 Å². The Morgan fingerprint density at radius 1 is 0.955 bits per heavy atom. The third-order valence-electron chi connectivity index (χ3n) is 3.39. The van der Waals surface area contributed by atoms with Crippen LogP contribution in [0.15, 0.2) is 79.7 Å². The van der Waals surface area contributed by atoms with E-state index < -0.39 is 0 Å². The van der Waals surface area contributed by atoms with Crippen LogP contribution in [0.4, 0.5) is 0 Å². The number of para-hydroxylation sites is 1. The third-order valence-corrected chi connectivity index (χ3v) is 4.26. The van der Waals surface area contributed by atoms with Crippen LogP contribution < -0.4 is 5.63 Å². The average Bonchev–Trinajstić information content (AvgIpc) is 3.05. The molecule has 0 aliphatic heterocycles. The molecule has 2 aromatic carbocycles. The molecule has 2 heterocycles. The molecule has 2 aromatic heterocycles. The lowest BCUT2D eigenvalue weighted by Gasteiger charge is -1.95. The zero-order valence-electron chi connectivity index (χ0n) is 11.5. The van der Waals surface area contributed by atoms with Crippen LogP contribution in [-0.2, 0) is 0 Å². The van der Waals surface area contributed by atoms with Crippen molar-refractivity contribution in [2.45, 2.75) is 0 Å². The van der Waals surface area contributed by atoms with Gasteiger partial charge in [0, 0.05) is 5.39 Å². The van der Waals surface area contributed by atoms with E-state index in [-0.39, 0.29) is 5.63 Å². The summed E-state index contributed by atoms with van der Waals surface area (Å²) in [6, 6.07) is 19.1. The molecule has 4 rings (SSSR count). The van der Waals surface area contributed by atoms with Crippen molar-refractivity contribution in [3.8, 4) is 22.0 Å². The molecule has 0 N–H and O–H groups in total. The molecular weight excluding hydrogens is 296 g/mol. The molecule has 0 aliphatic carbocycles. The van der Waals surface area contributed by atoms with E-state index >= 15 is 0 Å². The lowest BCUT2D eigenvalue weighted by Crippen LogP contribution is -2.01. The van der Waals surface area contributed by atoms with Gasteiger partial charge in [0.2, 0.25) is 0 Å². The second-order valence-corrected chi connectivity index (χ2v) is 5.68. The Morgan fingerprint density at radius 2 is 1.73 bits per heavy atom. The van der Waals surface area contributed by atoms with Crippen LogP contribution in [0.5, 0.6) is 0 Å². The zero-order valence-corrected chi connectivity index (χ0v) is 12.3. The van der Waals surface area contributed by atoms with Gasteiger partial charge in [0.05, 0.1) is 5.56 Å². The first-order valence-electron chi connectivity index (χ1n) is 6.81. The summed E-state index contributed by atoms with van der Waals surface area (Å²) in [5, 5.41) is 3.48. The molecule has 22 heavy (non-hydrogen) atoms. The van der Waals surface area contributed by atoms with Crippen molar-refractivity contribution >= 4 is 22.3 Å². The van der Waals surface area contributed by atoms with Crippen LogP contribution in [-0.4, -0.2) is 0 Å². The number of hydrogen-bond donors (Lipinski definition) is 0. The van der Waals surface area contributed by atoms with Gasteiger partial charge in [0.15, 0.2) is 5.56 Å². The third kappa shape index (κ3) is 2.23. The minimum absolute atomic E-state index is 0.389. The van der Waals surface area contributed by atoms with Crippen LogP contribution >= 0.6 is 11.3 Å². The summed E-state index contributed by atoms with van der Waals surface area (Å²) < 4.78 is 11.2. The van der Waals surface area contributed by atoms with E-state index in [2.05, 4.69) is 0 Å². The Labute approximate surface area is 130 Å². The van der Waals surface area contributed by atoms with Crippen molar-refractivity contribution in [3.63, 3.8) is 0 Å². The molecule has 0 saturated heterocycles. The van der Waals surface area contributed by atoms with E-state index in [1.54, 1.807) is 6.07 Å². The van der Waals surface area contributed by atoms with Crippen molar-refractivity contribution in [1.29, 1.82) is 0 Å². The maximum Gasteiger partial charge on any atom is 0.417 e. The van der Waals surface area contributed by atoms with E-state index in [4.69, 9.17) is 8.83 Å². The highest BCUT2D eigenvalue weighted by Gasteiger charge is 2.24. The summed E-state index contributed by atoms with van der Waals surface area (Å²) in [6.45, 7) is 0. The van der Waals surface area contributed by atoms with Gasteiger partial charge in [-0.05, 0) is 35.6 Å². The molecule has 0 bridgehead atoms. The SMILES string of the molecule is O=c1oc2ccccc2cc1-c1csc(-c2ccccc2)[o+]1. The molecule has 0 fully saturated rings. The first kappa shape index (κ1) is 13.0. The van der Waals surface area contributed by atoms with E-state index in [1.807, 2.05) is 60.0 Å². The fourth-order valence-corrected chi connectivity index (χ4v) is 3.11. The maximum absolute atomic E-state index is 12.2. The number of benzene rings is 2. The number of hydrogen-bond acceptors (Lipinski definition) is 3. The molecule has 0 saturated carbocycles. The molecular formula is C18H11O3S+. The molecule has 4 heteroatoms. The first-order chi connectivity index (χ1) is 10.8. The van der Waals surface area contributed by atoms with Gasteiger partial charge in [0.1, 0.15) is 11.0 Å². The standard InChI is InChI=1S/C18H11O3S/c19-17-14(10-13-8-4-5-9-15(13)20-17)16-11-22-18(21-16)12-6-2-1-3-7-12/h1-11H/q+1. The van der Waals surface area contributed by atoms with E-state index in [0.717, 1.165) is 16.0 Å². The van der Waals surface area contributed by atoms with Gasteiger partial charge < -0.3 is 4.42 Å². The summed E-state index contributed by atoms with van der Waals surface area (Å²) in [7, 11) is 0. The number of fused-ring (bicyclic) bond motifs is 1. The first-order valence-corrected chi connectivity index (χ1v) is 7.69. The van der Waals surface area contributed by atoms with E-state index in [9.17, 15) is 4.79 Å². The second-order valence-electron chi connectivity index (χ2n) is 4.84. The summed E-state index contributed by atoms with van der Waals surface area (Å²) in [5.41, 5.74) is 1.62. The molecule has 0 atom stereocenters. The van der Waals surface area contributed by atoms with E-state index in [0.29, 0.717) is 16.9 Å². The summed E-state index contributed by atoms with van der Waals surface area (Å²) in [5.74, 6) is 0.531. The van der Waals surface area contributed by atoms with Crippen LogP contribution in [0, 0.1) is 0 Å². The maximum atomic E-state index is 12.2. The fraction of sp³-hybridized carbons (Fsp3) is 0. The van der Waals surface area contributed by atoms with Gasteiger partial charge in [-0.15, -0.1) is 0 Å². The topological polar surface area (TPSA) is 41.5 Å². The van der Waals surface area contributed by atoms with Crippen LogP contribution in [0.2, 0.25) is 0 Å². The zero-order chi connectivity index (χ0) is 14.9. The highest BCUT2D eigenvalue weighted by Crippen LogP contribution is 2.32. The molecule has 0 spiro atoms. The normalized spacial score (nSPS) is 10.9. The Balaban J connectivity index is 1.84. The molecule has 0 unspecified atom stereocenters. The molecule has 0 amide bonds. The Kier molecular flexibility index (Phi) is 3.09. The molecule has 106 valence electrons. The van der Waals surface area contributed by atoms with Crippen molar-refractivity contribution < 1.29 is 8.83 Å². The minimum Gasteiger partial charge on any atom is -0.422 e. The van der Waals surface area contributed by atoms with Crippen molar-refractivity contribution in [2.24, 2.45) is 0 Å². The van der Waals surface area contributed by atoms with Gasteiger partial charge in [-0.1, -0.05) is 36.4 Å². The quantitative estimate of drug-likeness (QED) is 0.384. The second kappa shape index (κ2) is 5.24. The fourth-order valence-electron chi connectivity index (χ4n) is 2.31. The summed E-state index contributed by atoms with van der Waals surface area (Å²) >= 11 is 1.46. The van der Waals surface area contributed by atoms with Gasteiger partial charge >= 0.3 is 16.5 Å². The smallest absolute Gasteiger partial charge is 0.417 e. The summed E-state index contributed by atoms with van der Waals surface area (Å²) in [6.07, 6.45) is 0. The number of rotatable bonds is 2. The highest BCUT2D eigenvalue weighted by molar-refractivity contribution is 7.13. The predicted molar refractivity (Wildman–Crippen MR) is 87.9 cm³/mol. The molecule has 0 radical (unpaired) electrons. The van der Waals surface area contributed by atoms with Crippen molar-refractivity contribution in [3.05, 3.63) is 76.5 Å². The monoisotopic (exact) mass is 307 g/mol. The predicted octanol–water partition coefficient (Wildman–Crippen LogP) is 5.06. The van der Waals surface area contributed by atoms with Gasteiger partial charge in [-0.2, -0.15) is 4.42 Å². The van der Waals surface area contributed by atoms with Crippen molar-refractivity contribution in [1.82, 2.24) is 0 Å².